The number of amides is 1. The summed E-state index contributed by atoms with van der Waals surface area (Å²) in [6.45, 7) is 0.783. The van der Waals surface area contributed by atoms with Crippen LogP contribution in [0.25, 0.3) is 0 Å². The average molecular weight is 405 g/mol. The number of nitrogens with zero attached hydrogens (tertiary/aromatic N) is 1. The Bertz CT molecular complexity index is 929. The maximum atomic E-state index is 13.6. The van der Waals surface area contributed by atoms with Crippen LogP contribution in [0.5, 0.6) is 0 Å². The van der Waals surface area contributed by atoms with Crippen LogP contribution in [0.1, 0.15) is 79.3 Å². The zero-order valence-corrected chi connectivity index (χ0v) is 17.4. The van der Waals surface area contributed by atoms with Crippen molar-refractivity contribution in [2.75, 3.05) is 6.54 Å². The Hall–Kier alpha value is -2.67. The van der Waals surface area contributed by atoms with Crippen LogP contribution < -0.4 is 5.32 Å². The molecule has 4 rings (SSSR count). The van der Waals surface area contributed by atoms with Crippen molar-refractivity contribution in [3.8, 4) is 11.8 Å². The maximum absolute atomic E-state index is 13.6. The highest BCUT2D eigenvalue weighted by atomic mass is 19.1. The normalized spacial score (nSPS) is 18.0. The minimum atomic E-state index is -0.431. The smallest absolute Gasteiger partial charge is 0.251 e. The Kier molecular flexibility index (Phi) is 6.47. The molecule has 1 amide bonds. The minimum Gasteiger partial charge on any atom is -0.351 e. The highest BCUT2D eigenvalue weighted by Crippen LogP contribution is 2.46. The number of benzene rings is 1. The third-order valence-corrected chi connectivity index (χ3v) is 6.47. The van der Waals surface area contributed by atoms with Crippen molar-refractivity contribution < 1.29 is 9.18 Å². The molecule has 2 fully saturated rings. The van der Waals surface area contributed by atoms with Crippen molar-refractivity contribution in [3.05, 3.63) is 65.2 Å². The summed E-state index contributed by atoms with van der Waals surface area (Å²) in [7, 11) is 0. The molecular weight excluding hydrogens is 375 g/mol. The van der Waals surface area contributed by atoms with Gasteiger partial charge in [-0.25, -0.2) is 4.39 Å². The predicted molar refractivity (Wildman–Crippen MR) is 116 cm³/mol. The van der Waals surface area contributed by atoms with E-state index in [1.165, 1.54) is 64.0 Å². The molecule has 0 aliphatic heterocycles. The fourth-order valence-corrected chi connectivity index (χ4v) is 4.56. The molecule has 1 aromatic heterocycles. The van der Waals surface area contributed by atoms with Gasteiger partial charge in [-0.05, 0) is 60.9 Å². The van der Waals surface area contributed by atoms with Crippen molar-refractivity contribution in [2.45, 2.75) is 57.8 Å². The Morgan fingerprint density at radius 3 is 2.47 bits per heavy atom. The lowest BCUT2D eigenvalue weighted by atomic mass is 9.75. The van der Waals surface area contributed by atoms with Gasteiger partial charge < -0.3 is 5.32 Å². The number of pyridine rings is 1. The fraction of sp³-hybridized carbons (Fsp3) is 0.462. The van der Waals surface area contributed by atoms with Crippen LogP contribution in [-0.2, 0) is 0 Å². The number of carbonyl (C=O) groups excluding carboxylic acids is 1. The third kappa shape index (κ3) is 5.48. The number of aromatic nitrogens is 1. The van der Waals surface area contributed by atoms with Crippen molar-refractivity contribution in [1.82, 2.24) is 10.3 Å². The van der Waals surface area contributed by atoms with Crippen LogP contribution in [0.2, 0.25) is 0 Å². The van der Waals surface area contributed by atoms with Crippen molar-refractivity contribution in [2.24, 2.45) is 11.3 Å². The van der Waals surface area contributed by atoms with Gasteiger partial charge in [0.2, 0.25) is 0 Å². The first-order valence-corrected chi connectivity index (χ1v) is 11.1. The lowest BCUT2D eigenvalue weighted by Gasteiger charge is -2.33. The monoisotopic (exact) mass is 404 g/mol. The molecule has 4 heteroatoms. The zero-order valence-electron chi connectivity index (χ0n) is 17.4. The standard InChI is InChI=1S/C26H29FN2O/c27-24-18-28-16-13-22(24)10-7-20-8-11-23(12-9-20)25(30)29-19-26(17-21-5-6-21)14-3-1-2-4-15-26/h8-9,11-13,16,18,21H,1-6,14-15,17,19H2,(H,29,30). The highest BCUT2D eigenvalue weighted by Gasteiger charge is 2.37. The van der Waals surface area contributed by atoms with Gasteiger partial charge in [-0.3, -0.25) is 9.78 Å². The van der Waals surface area contributed by atoms with Crippen LogP contribution in [-0.4, -0.2) is 17.4 Å². The molecular formula is C26H29FN2O. The van der Waals surface area contributed by atoms with E-state index >= 15 is 0 Å². The van der Waals surface area contributed by atoms with Gasteiger partial charge in [-0.1, -0.05) is 50.4 Å². The average Bonchev–Trinajstić information content (AvgIpc) is 3.60. The van der Waals surface area contributed by atoms with E-state index in [2.05, 4.69) is 22.1 Å². The van der Waals surface area contributed by atoms with E-state index in [1.807, 2.05) is 12.1 Å². The summed E-state index contributed by atoms with van der Waals surface area (Å²) in [5.41, 5.74) is 1.99. The first-order chi connectivity index (χ1) is 14.6. The van der Waals surface area contributed by atoms with Gasteiger partial charge in [-0.15, -0.1) is 0 Å². The Labute approximate surface area is 178 Å². The lowest BCUT2D eigenvalue weighted by Crippen LogP contribution is -2.38. The van der Waals surface area contributed by atoms with E-state index in [0.717, 1.165) is 24.2 Å². The second-order valence-corrected chi connectivity index (χ2v) is 8.93. The van der Waals surface area contributed by atoms with Crippen LogP contribution >= 0.6 is 0 Å². The molecule has 0 radical (unpaired) electrons. The second kappa shape index (κ2) is 9.43. The van der Waals surface area contributed by atoms with Crippen LogP contribution in [0.15, 0.2) is 42.7 Å². The molecule has 0 spiro atoms. The second-order valence-electron chi connectivity index (χ2n) is 8.93. The molecule has 0 bridgehead atoms. The topological polar surface area (TPSA) is 42.0 Å². The summed E-state index contributed by atoms with van der Waals surface area (Å²) < 4.78 is 13.6. The molecule has 2 aliphatic rings. The molecule has 156 valence electrons. The number of hydrogen-bond acceptors (Lipinski definition) is 2. The first kappa shape index (κ1) is 20.6. The SMILES string of the molecule is O=C(NCC1(CC2CC2)CCCCCC1)c1ccc(C#Cc2ccncc2F)cc1. The summed E-state index contributed by atoms with van der Waals surface area (Å²) in [4.78, 5) is 16.5. The Balaban J connectivity index is 1.38. The molecule has 3 nitrogen and oxygen atoms in total. The van der Waals surface area contributed by atoms with E-state index in [9.17, 15) is 9.18 Å². The van der Waals surface area contributed by atoms with Crippen LogP contribution in [0.4, 0.5) is 4.39 Å². The molecule has 2 aromatic rings. The number of nitrogens with one attached hydrogen (secondary N) is 1. The van der Waals surface area contributed by atoms with E-state index in [0.29, 0.717) is 11.1 Å². The van der Waals surface area contributed by atoms with Gasteiger partial charge in [0.25, 0.3) is 5.91 Å². The van der Waals surface area contributed by atoms with Crippen molar-refractivity contribution in [1.29, 1.82) is 0 Å². The van der Waals surface area contributed by atoms with E-state index in [1.54, 1.807) is 18.2 Å². The number of rotatable bonds is 5. The van der Waals surface area contributed by atoms with Gasteiger partial charge in [0, 0.05) is 23.9 Å². The van der Waals surface area contributed by atoms with E-state index in [4.69, 9.17) is 0 Å². The molecule has 2 saturated carbocycles. The van der Waals surface area contributed by atoms with Crippen LogP contribution in [0.3, 0.4) is 0 Å². The number of carbonyl (C=O) groups is 1. The van der Waals surface area contributed by atoms with Gasteiger partial charge in [-0.2, -0.15) is 0 Å². The molecule has 1 aromatic carbocycles. The Morgan fingerprint density at radius 1 is 1.07 bits per heavy atom. The fourth-order valence-electron chi connectivity index (χ4n) is 4.56. The third-order valence-electron chi connectivity index (χ3n) is 6.47. The summed E-state index contributed by atoms with van der Waals surface area (Å²) >= 11 is 0. The molecule has 1 N–H and O–H groups in total. The number of halogens is 1. The van der Waals surface area contributed by atoms with E-state index in [-0.39, 0.29) is 11.3 Å². The van der Waals surface area contributed by atoms with Gasteiger partial charge in [0.1, 0.15) is 0 Å². The Morgan fingerprint density at radius 2 is 1.80 bits per heavy atom. The lowest BCUT2D eigenvalue weighted by molar-refractivity contribution is 0.0914. The maximum Gasteiger partial charge on any atom is 0.251 e. The first-order valence-electron chi connectivity index (χ1n) is 11.1. The van der Waals surface area contributed by atoms with Gasteiger partial charge in [0.15, 0.2) is 5.82 Å². The zero-order chi connectivity index (χ0) is 20.8. The molecule has 0 saturated heterocycles. The molecule has 2 aliphatic carbocycles. The van der Waals surface area contributed by atoms with E-state index < -0.39 is 5.82 Å². The molecule has 30 heavy (non-hydrogen) atoms. The quantitative estimate of drug-likeness (QED) is 0.529. The van der Waals surface area contributed by atoms with Gasteiger partial charge >= 0.3 is 0 Å². The molecule has 0 unspecified atom stereocenters. The van der Waals surface area contributed by atoms with Crippen molar-refractivity contribution in [3.63, 3.8) is 0 Å². The van der Waals surface area contributed by atoms with Crippen molar-refractivity contribution >= 4 is 5.91 Å². The summed E-state index contributed by atoms with van der Waals surface area (Å²) in [6.07, 6.45) is 14.4. The van der Waals surface area contributed by atoms with Gasteiger partial charge in [0.05, 0.1) is 11.8 Å². The molecule has 1 heterocycles. The summed E-state index contributed by atoms with van der Waals surface area (Å²) in [5, 5.41) is 3.22. The molecule has 0 atom stereocenters. The number of hydrogen-bond donors (Lipinski definition) is 1. The van der Waals surface area contributed by atoms with Crippen LogP contribution in [0, 0.1) is 29.0 Å². The summed E-state index contributed by atoms with van der Waals surface area (Å²) in [6, 6.07) is 8.76. The highest BCUT2D eigenvalue weighted by molar-refractivity contribution is 5.94. The predicted octanol–water partition coefficient (Wildman–Crippen LogP) is 5.49. The minimum absolute atomic E-state index is 0.0193. The summed E-state index contributed by atoms with van der Waals surface area (Å²) in [5.74, 6) is 6.19. The largest absolute Gasteiger partial charge is 0.351 e.